The summed E-state index contributed by atoms with van der Waals surface area (Å²) < 4.78 is 0. The predicted molar refractivity (Wildman–Crippen MR) is 66.1 cm³/mol. The van der Waals surface area contributed by atoms with E-state index in [1.807, 2.05) is 0 Å². The molecule has 0 aromatic heterocycles. The van der Waals surface area contributed by atoms with Crippen LogP contribution in [0.4, 0.5) is 0 Å². The lowest BCUT2D eigenvalue weighted by Crippen LogP contribution is -2.27. The van der Waals surface area contributed by atoms with Gasteiger partial charge in [0.15, 0.2) is 0 Å². The van der Waals surface area contributed by atoms with Crippen LogP contribution in [0.5, 0.6) is 0 Å². The Labute approximate surface area is 104 Å². The van der Waals surface area contributed by atoms with Crippen molar-refractivity contribution < 1.29 is 9.90 Å². The fourth-order valence-corrected chi connectivity index (χ4v) is 1.77. The minimum absolute atomic E-state index is 0.293. The molecule has 1 aromatic rings. The Hall–Kier alpha value is -0.990. The van der Waals surface area contributed by atoms with Crippen LogP contribution >= 0.6 is 23.2 Å². The topological polar surface area (TPSA) is 37.3 Å². The van der Waals surface area contributed by atoms with Crippen LogP contribution < -0.4 is 0 Å². The maximum Gasteiger partial charge on any atom is 0.313 e. The molecule has 0 radical (unpaired) electrons. The molecule has 0 saturated carbocycles. The number of carbonyl (C=O) groups is 1. The van der Waals surface area contributed by atoms with E-state index in [-0.39, 0.29) is 0 Å². The van der Waals surface area contributed by atoms with Crippen LogP contribution in [0.25, 0.3) is 0 Å². The summed E-state index contributed by atoms with van der Waals surface area (Å²) in [6, 6.07) is 5.02. The molecule has 0 amide bonds. The van der Waals surface area contributed by atoms with E-state index in [1.165, 1.54) is 6.08 Å². The van der Waals surface area contributed by atoms with E-state index >= 15 is 0 Å². The van der Waals surface area contributed by atoms with E-state index in [2.05, 4.69) is 6.58 Å². The number of aliphatic carboxylic acids is 1. The highest BCUT2D eigenvalue weighted by molar-refractivity contribution is 6.35. The van der Waals surface area contributed by atoms with E-state index < -0.39 is 11.4 Å². The van der Waals surface area contributed by atoms with E-state index in [4.69, 9.17) is 28.3 Å². The van der Waals surface area contributed by atoms with Crippen molar-refractivity contribution in [1.82, 2.24) is 0 Å². The smallest absolute Gasteiger partial charge is 0.313 e. The Bertz CT molecular complexity index is 429. The van der Waals surface area contributed by atoms with Gasteiger partial charge in [0.05, 0.1) is 5.41 Å². The van der Waals surface area contributed by atoms with Gasteiger partial charge in [-0.15, -0.1) is 6.58 Å². The third kappa shape index (κ3) is 2.77. The van der Waals surface area contributed by atoms with Gasteiger partial charge in [-0.05, 0) is 31.0 Å². The number of hydrogen-bond acceptors (Lipinski definition) is 1. The number of hydrogen-bond donors (Lipinski definition) is 1. The van der Waals surface area contributed by atoms with Gasteiger partial charge in [0.1, 0.15) is 0 Å². The molecule has 0 aliphatic rings. The summed E-state index contributed by atoms with van der Waals surface area (Å²) in [4.78, 5) is 11.1. The van der Waals surface area contributed by atoms with Crippen molar-refractivity contribution in [2.24, 2.45) is 5.41 Å². The maximum absolute atomic E-state index is 11.1. The fraction of sp³-hybridized carbons (Fsp3) is 0.250. The average molecular weight is 259 g/mol. The second-order valence-corrected chi connectivity index (χ2v) is 4.68. The minimum atomic E-state index is -1.02. The van der Waals surface area contributed by atoms with Gasteiger partial charge < -0.3 is 5.11 Å². The lowest BCUT2D eigenvalue weighted by molar-refractivity contribution is -0.145. The van der Waals surface area contributed by atoms with Crippen molar-refractivity contribution in [3.63, 3.8) is 0 Å². The zero-order chi connectivity index (χ0) is 12.3. The number of rotatable bonds is 4. The highest BCUT2D eigenvalue weighted by Crippen LogP contribution is 2.29. The first-order valence-electron chi connectivity index (χ1n) is 4.70. The van der Waals surface area contributed by atoms with Crippen molar-refractivity contribution >= 4 is 29.2 Å². The van der Waals surface area contributed by atoms with E-state index in [9.17, 15) is 4.79 Å². The quantitative estimate of drug-likeness (QED) is 0.834. The molecule has 0 heterocycles. The van der Waals surface area contributed by atoms with Crippen molar-refractivity contribution in [2.75, 3.05) is 0 Å². The molecular formula is C12H12Cl2O2. The predicted octanol–water partition coefficient (Wildman–Crippen LogP) is 3.81. The first kappa shape index (κ1) is 13.1. The average Bonchev–Trinajstić information content (AvgIpc) is 2.22. The third-order valence-electron chi connectivity index (χ3n) is 2.51. The number of carboxylic acid groups (broad SMARTS) is 1. The Morgan fingerprint density at radius 1 is 1.56 bits per heavy atom. The maximum atomic E-state index is 11.1. The summed E-state index contributed by atoms with van der Waals surface area (Å²) in [5.41, 5.74) is -0.270. The highest BCUT2D eigenvalue weighted by atomic mass is 35.5. The Morgan fingerprint density at radius 3 is 2.62 bits per heavy atom. The van der Waals surface area contributed by atoms with Gasteiger partial charge in [-0.2, -0.15) is 0 Å². The molecule has 1 atom stereocenters. The summed E-state index contributed by atoms with van der Waals surface area (Å²) >= 11 is 11.7. The van der Waals surface area contributed by atoms with Gasteiger partial charge in [-0.3, -0.25) is 4.79 Å². The summed E-state index contributed by atoms with van der Waals surface area (Å²) in [6.07, 6.45) is 1.71. The lowest BCUT2D eigenvalue weighted by atomic mass is 9.84. The van der Waals surface area contributed by atoms with Crippen molar-refractivity contribution in [1.29, 1.82) is 0 Å². The lowest BCUT2D eigenvalue weighted by Gasteiger charge is -2.20. The minimum Gasteiger partial charge on any atom is -0.481 e. The molecule has 1 unspecified atom stereocenters. The zero-order valence-electron chi connectivity index (χ0n) is 8.84. The number of halogens is 2. The summed E-state index contributed by atoms with van der Waals surface area (Å²) in [7, 11) is 0. The summed E-state index contributed by atoms with van der Waals surface area (Å²) in [5.74, 6) is -0.923. The standard InChI is InChI=1S/C12H12Cl2O2/c1-3-12(2,11(15)16)7-8-4-5-9(13)6-10(8)14/h3-6H,1,7H2,2H3,(H,15,16). The molecule has 0 aliphatic heterocycles. The van der Waals surface area contributed by atoms with Crippen molar-refractivity contribution in [3.05, 3.63) is 46.5 Å². The Morgan fingerprint density at radius 2 is 2.19 bits per heavy atom. The van der Waals surface area contributed by atoms with Gasteiger partial charge in [0, 0.05) is 10.0 Å². The molecule has 4 heteroatoms. The monoisotopic (exact) mass is 258 g/mol. The van der Waals surface area contributed by atoms with Gasteiger partial charge in [-0.25, -0.2) is 0 Å². The molecule has 1 rings (SSSR count). The molecule has 0 fully saturated rings. The molecule has 0 spiro atoms. The van der Waals surface area contributed by atoms with Crippen LogP contribution in [0.3, 0.4) is 0 Å². The molecule has 16 heavy (non-hydrogen) atoms. The Kier molecular flexibility index (Phi) is 4.00. The highest BCUT2D eigenvalue weighted by Gasteiger charge is 2.30. The van der Waals surface area contributed by atoms with E-state index in [1.54, 1.807) is 25.1 Å². The zero-order valence-corrected chi connectivity index (χ0v) is 10.3. The van der Waals surface area contributed by atoms with Crippen LogP contribution in [0.2, 0.25) is 10.0 Å². The second-order valence-electron chi connectivity index (χ2n) is 3.84. The molecule has 1 N–H and O–H groups in total. The van der Waals surface area contributed by atoms with Gasteiger partial charge >= 0.3 is 5.97 Å². The third-order valence-corrected chi connectivity index (χ3v) is 3.10. The van der Waals surface area contributed by atoms with Crippen LogP contribution in [0, 0.1) is 5.41 Å². The van der Waals surface area contributed by atoms with Crippen LogP contribution in [0.1, 0.15) is 12.5 Å². The summed E-state index contributed by atoms with van der Waals surface area (Å²) in [5, 5.41) is 10.1. The van der Waals surface area contributed by atoms with Crippen molar-refractivity contribution in [3.8, 4) is 0 Å². The van der Waals surface area contributed by atoms with Gasteiger partial charge in [0.25, 0.3) is 0 Å². The SMILES string of the molecule is C=CC(C)(Cc1ccc(Cl)cc1Cl)C(=O)O. The summed E-state index contributed by atoms with van der Waals surface area (Å²) in [6.45, 7) is 5.15. The van der Waals surface area contributed by atoms with Crippen LogP contribution in [-0.4, -0.2) is 11.1 Å². The normalized spacial score (nSPS) is 14.2. The first-order valence-corrected chi connectivity index (χ1v) is 5.45. The van der Waals surface area contributed by atoms with Crippen molar-refractivity contribution in [2.45, 2.75) is 13.3 Å². The van der Waals surface area contributed by atoms with Gasteiger partial charge in [-0.1, -0.05) is 35.3 Å². The molecule has 86 valence electrons. The molecule has 0 bridgehead atoms. The van der Waals surface area contributed by atoms with E-state index in [0.29, 0.717) is 16.5 Å². The molecule has 0 saturated heterocycles. The van der Waals surface area contributed by atoms with Gasteiger partial charge in [0.2, 0.25) is 0 Å². The first-order chi connectivity index (χ1) is 7.39. The Balaban J connectivity index is 3.04. The molecule has 0 aliphatic carbocycles. The van der Waals surface area contributed by atoms with Crippen LogP contribution in [0.15, 0.2) is 30.9 Å². The number of carboxylic acids is 1. The molecule has 1 aromatic carbocycles. The largest absolute Gasteiger partial charge is 0.481 e. The number of benzene rings is 1. The van der Waals surface area contributed by atoms with E-state index in [0.717, 1.165) is 5.56 Å². The fourth-order valence-electron chi connectivity index (χ4n) is 1.30. The van der Waals surface area contributed by atoms with Crippen LogP contribution in [-0.2, 0) is 11.2 Å². The molecule has 2 nitrogen and oxygen atoms in total. The molecular weight excluding hydrogens is 247 g/mol. The second kappa shape index (κ2) is 4.89.